The molecule has 0 radical (unpaired) electrons. The van der Waals surface area contributed by atoms with Gasteiger partial charge >= 0.3 is 0 Å². The number of hydrogen-bond donors (Lipinski definition) is 1. The van der Waals surface area contributed by atoms with E-state index in [1.807, 2.05) is 0 Å². The topological polar surface area (TPSA) is 23.9 Å². The molecular formula is C8H15N. The van der Waals surface area contributed by atoms with Crippen LogP contribution in [0.15, 0.2) is 12.2 Å². The second-order valence-corrected chi connectivity index (χ2v) is 2.65. The zero-order valence-electron chi connectivity index (χ0n) is 6.39. The molecule has 0 rings (SSSR count). The van der Waals surface area contributed by atoms with E-state index < -0.39 is 0 Å². The molecule has 0 aromatic heterocycles. The van der Waals surface area contributed by atoms with Crippen molar-refractivity contribution < 1.29 is 0 Å². The summed E-state index contributed by atoms with van der Waals surface area (Å²) in [7, 11) is 0. The number of allylic oxidation sites excluding steroid dienone is 2. The largest absolute Gasteiger partial charge is 0.309 e. The minimum absolute atomic E-state index is 0.589. The van der Waals surface area contributed by atoms with Gasteiger partial charge in [-0.25, -0.2) is 0 Å². The number of hydrogen-bond acceptors (Lipinski definition) is 1. The summed E-state index contributed by atoms with van der Waals surface area (Å²) in [5.41, 5.74) is 0. The lowest BCUT2D eigenvalue weighted by Crippen LogP contribution is -1.98. The summed E-state index contributed by atoms with van der Waals surface area (Å²) in [6.07, 6.45) is 5.15. The molecule has 0 aromatic carbocycles. The van der Waals surface area contributed by atoms with Crippen molar-refractivity contribution in [3.05, 3.63) is 12.2 Å². The Morgan fingerprint density at radius 3 is 2.11 bits per heavy atom. The Morgan fingerprint density at radius 2 is 1.78 bits per heavy atom. The van der Waals surface area contributed by atoms with E-state index in [-0.39, 0.29) is 0 Å². The molecule has 1 nitrogen and oxygen atoms in total. The fourth-order valence-corrected chi connectivity index (χ4v) is 0.453. The Bertz CT molecular complexity index is 103. The molecule has 1 N–H and O–H groups in total. The predicted molar refractivity (Wildman–Crippen MR) is 41.9 cm³/mol. The Labute approximate surface area is 57.3 Å². The highest BCUT2D eigenvalue weighted by Gasteiger charge is 1.99. The summed E-state index contributed by atoms with van der Waals surface area (Å²) in [4.78, 5) is 0. The molecule has 52 valence electrons. The summed E-state index contributed by atoms with van der Waals surface area (Å²) in [5.74, 6) is 1.27. The molecule has 0 aliphatic heterocycles. The van der Waals surface area contributed by atoms with Crippen molar-refractivity contribution >= 4 is 6.21 Å². The first-order chi connectivity index (χ1) is 4.18. The van der Waals surface area contributed by atoms with E-state index in [4.69, 9.17) is 5.41 Å². The van der Waals surface area contributed by atoms with Crippen molar-refractivity contribution in [2.45, 2.75) is 20.8 Å². The van der Waals surface area contributed by atoms with Crippen LogP contribution in [0.1, 0.15) is 20.8 Å². The molecule has 0 aliphatic rings. The molecule has 1 atom stereocenters. The first-order valence-corrected chi connectivity index (χ1v) is 3.35. The van der Waals surface area contributed by atoms with Crippen molar-refractivity contribution in [2.75, 3.05) is 0 Å². The lowest BCUT2D eigenvalue weighted by molar-refractivity contribution is 0.504. The molecule has 0 amide bonds. The van der Waals surface area contributed by atoms with E-state index in [1.165, 1.54) is 6.21 Å². The number of rotatable bonds is 3. The molecule has 1 heteroatoms. The zero-order valence-corrected chi connectivity index (χ0v) is 6.39. The third kappa shape index (κ3) is 3.95. The van der Waals surface area contributed by atoms with Gasteiger partial charge in [0.2, 0.25) is 0 Å². The van der Waals surface area contributed by atoms with E-state index in [0.29, 0.717) is 11.8 Å². The van der Waals surface area contributed by atoms with Crippen LogP contribution in [0.4, 0.5) is 0 Å². The van der Waals surface area contributed by atoms with E-state index in [9.17, 15) is 0 Å². The van der Waals surface area contributed by atoms with Crippen molar-refractivity contribution in [2.24, 2.45) is 11.8 Å². The number of nitrogens with one attached hydrogen (secondary N) is 1. The molecule has 1 unspecified atom stereocenters. The summed E-state index contributed by atoms with van der Waals surface area (Å²) in [6, 6.07) is 0. The zero-order chi connectivity index (χ0) is 7.28. The van der Waals surface area contributed by atoms with Crippen molar-refractivity contribution in [3.63, 3.8) is 0 Å². The Balaban J connectivity index is 3.61. The van der Waals surface area contributed by atoms with Gasteiger partial charge in [-0.15, -0.1) is 0 Å². The van der Waals surface area contributed by atoms with Crippen LogP contribution < -0.4 is 0 Å². The quantitative estimate of drug-likeness (QED) is 0.560. The maximum atomic E-state index is 6.73. The van der Waals surface area contributed by atoms with Crippen LogP contribution in [0.25, 0.3) is 0 Å². The average molecular weight is 125 g/mol. The summed E-state index contributed by atoms with van der Waals surface area (Å²) in [5, 5.41) is 6.73. The minimum Gasteiger partial charge on any atom is -0.309 e. The Kier molecular flexibility index (Phi) is 4.02. The summed E-state index contributed by atoms with van der Waals surface area (Å²) < 4.78 is 0. The van der Waals surface area contributed by atoms with Crippen LogP contribution in [0, 0.1) is 17.2 Å². The normalized spacial score (nSPS) is 14.7. The molecule has 0 bridgehead atoms. The highest BCUT2D eigenvalue weighted by atomic mass is 14.3. The summed E-state index contributed by atoms with van der Waals surface area (Å²) >= 11 is 0. The molecular weight excluding hydrogens is 110 g/mol. The maximum Gasteiger partial charge on any atom is 0.0174 e. The third-order valence-electron chi connectivity index (χ3n) is 1.56. The van der Waals surface area contributed by atoms with E-state index >= 15 is 0 Å². The SMILES string of the molecule is CC(C)C(C)/C=C\C=N. The van der Waals surface area contributed by atoms with Crippen LogP contribution >= 0.6 is 0 Å². The fraction of sp³-hybridized carbons (Fsp3) is 0.625. The highest BCUT2D eigenvalue weighted by molar-refractivity contribution is 5.67. The van der Waals surface area contributed by atoms with Gasteiger partial charge in [-0.3, -0.25) is 0 Å². The smallest absolute Gasteiger partial charge is 0.0174 e. The molecule has 9 heavy (non-hydrogen) atoms. The Morgan fingerprint density at radius 1 is 1.22 bits per heavy atom. The van der Waals surface area contributed by atoms with Gasteiger partial charge in [0.25, 0.3) is 0 Å². The van der Waals surface area contributed by atoms with Crippen LogP contribution in [-0.2, 0) is 0 Å². The van der Waals surface area contributed by atoms with Gasteiger partial charge in [0.05, 0.1) is 0 Å². The Hall–Kier alpha value is -0.590. The summed E-state index contributed by atoms with van der Waals surface area (Å²) in [6.45, 7) is 6.52. The van der Waals surface area contributed by atoms with Crippen molar-refractivity contribution in [1.82, 2.24) is 0 Å². The van der Waals surface area contributed by atoms with Crippen LogP contribution in [0.3, 0.4) is 0 Å². The molecule has 0 heterocycles. The van der Waals surface area contributed by atoms with E-state index in [2.05, 4.69) is 26.8 Å². The first-order valence-electron chi connectivity index (χ1n) is 3.35. The van der Waals surface area contributed by atoms with Crippen molar-refractivity contribution in [3.8, 4) is 0 Å². The lowest BCUT2D eigenvalue weighted by atomic mass is 9.98. The molecule has 0 spiro atoms. The van der Waals surface area contributed by atoms with Gasteiger partial charge < -0.3 is 5.41 Å². The lowest BCUT2D eigenvalue weighted by Gasteiger charge is -2.08. The van der Waals surface area contributed by atoms with Gasteiger partial charge in [0.15, 0.2) is 0 Å². The molecule has 0 saturated carbocycles. The maximum absolute atomic E-state index is 6.73. The standard InChI is InChI=1S/C8H15N/c1-7(2)8(3)5-4-6-9/h4-9H,1-3H3/b5-4-,9-6?. The van der Waals surface area contributed by atoms with E-state index in [0.717, 1.165) is 0 Å². The second-order valence-electron chi connectivity index (χ2n) is 2.65. The third-order valence-corrected chi connectivity index (χ3v) is 1.56. The average Bonchev–Trinajstić information content (AvgIpc) is 1.82. The first kappa shape index (κ1) is 8.41. The molecule has 0 saturated heterocycles. The van der Waals surface area contributed by atoms with Gasteiger partial charge in [-0.05, 0) is 17.9 Å². The van der Waals surface area contributed by atoms with Crippen molar-refractivity contribution in [1.29, 1.82) is 5.41 Å². The minimum atomic E-state index is 0.589. The molecule has 0 aliphatic carbocycles. The van der Waals surface area contributed by atoms with E-state index in [1.54, 1.807) is 6.08 Å². The van der Waals surface area contributed by atoms with Gasteiger partial charge in [-0.1, -0.05) is 26.8 Å². The second kappa shape index (κ2) is 4.30. The van der Waals surface area contributed by atoms with Gasteiger partial charge in [0.1, 0.15) is 0 Å². The monoisotopic (exact) mass is 125 g/mol. The fourth-order valence-electron chi connectivity index (χ4n) is 0.453. The van der Waals surface area contributed by atoms with Crippen LogP contribution in [-0.4, -0.2) is 6.21 Å². The van der Waals surface area contributed by atoms with Gasteiger partial charge in [-0.2, -0.15) is 0 Å². The van der Waals surface area contributed by atoms with Gasteiger partial charge in [0, 0.05) is 6.21 Å². The van der Waals surface area contributed by atoms with Crippen LogP contribution in [0.2, 0.25) is 0 Å². The highest BCUT2D eigenvalue weighted by Crippen LogP contribution is 2.09. The molecule has 0 fully saturated rings. The molecule has 0 aromatic rings. The van der Waals surface area contributed by atoms with Crippen LogP contribution in [0.5, 0.6) is 0 Å². The predicted octanol–water partition coefficient (Wildman–Crippen LogP) is 2.48.